The number of hydrogen-bond donors (Lipinski definition) is 0. The molecule has 106 valence electrons. The zero-order valence-electron chi connectivity index (χ0n) is 9.90. The molecule has 1 rings (SSSR count). The molecule has 1 aromatic rings. The lowest BCUT2D eigenvalue weighted by molar-refractivity contribution is -0.274. The molecular formula is C11H11F3O4S. The lowest BCUT2D eigenvalue weighted by Gasteiger charge is -2.09. The molecule has 0 saturated carbocycles. The number of ether oxygens (including phenoxy) is 1. The summed E-state index contributed by atoms with van der Waals surface area (Å²) in [6.45, 7) is 0. The van der Waals surface area contributed by atoms with E-state index in [2.05, 4.69) is 4.74 Å². The Bertz CT molecular complexity index is 546. The summed E-state index contributed by atoms with van der Waals surface area (Å²) in [5.41, 5.74) is 0.420. The number of halogens is 3. The summed E-state index contributed by atoms with van der Waals surface area (Å²) in [6.07, 6.45) is -3.99. The molecule has 0 aliphatic heterocycles. The Kier molecular flexibility index (Phi) is 4.56. The van der Waals surface area contributed by atoms with Crippen LogP contribution >= 0.6 is 0 Å². The van der Waals surface area contributed by atoms with Crippen LogP contribution in [0.15, 0.2) is 24.3 Å². The van der Waals surface area contributed by atoms with Gasteiger partial charge in [0, 0.05) is 12.7 Å². The number of benzene rings is 1. The van der Waals surface area contributed by atoms with E-state index in [0.29, 0.717) is 5.56 Å². The Labute approximate surface area is 108 Å². The Morgan fingerprint density at radius 2 is 1.74 bits per heavy atom. The SMILES string of the molecule is CS(=O)(=O)CC(=O)Cc1ccc(OC(F)(F)F)cc1. The largest absolute Gasteiger partial charge is 0.573 e. The van der Waals surface area contributed by atoms with E-state index >= 15 is 0 Å². The average molecular weight is 296 g/mol. The summed E-state index contributed by atoms with van der Waals surface area (Å²) in [5.74, 6) is -1.51. The quantitative estimate of drug-likeness (QED) is 0.830. The predicted octanol–water partition coefficient (Wildman–Crippen LogP) is 1.74. The summed E-state index contributed by atoms with van der Waals surface area (Å²) < 4.78 is 61.1. The molecular weight excluding hydrogens is 285 g/mol. The molecule has 0 unspecified atom stereocenters. The van der Waals surface area contributed by atoms with Crippen molar-refractivity contribution in [2.45, 2.75) is 12.8 Å². The summed E-state index contributed by atoms with van der Waals surface area (Å²) >= 11 is 0. The Morgan fingerprint density at radius 3 is 2.16 bits per heavy atom. The number of carbonyl (C=O) groups excluding carboxylic acids is 1. The van der Waals surface area contributed by atoms with Crippen LogP contribution in [0.3, 0.4) is 0 Å². The van der Waals surface area contributed by atoms with Gasteiger partial charge in [0.1, 0.15) is 11.5 Å². The van der Waals surface area contributed by atoms with E-state index in [1.165, 1.54) is 12.1 Å². The number of hydrogen-bond acceptors (Lipinski definition) is 4. The van der Waals surface area contributed by atoms with Gasteiger partial charge in [-0.15, -0.1) is 13.2 Å². The number of sulfone groups is 1. The van der Waals surface area contributed by atoms with Gasteiger partial charge in [-0.2, -0.15) is 0 Å². The fourth-order valence-corrected chi connectivity index (χ4v) is 2.07. The van der Waals surface area contributed by atoms with Crippen molar-refractivity contribution >= 4 is 15.6 Å². The maximum Gasteiger partial charge on any atom is 0.573 e. The van der Waals surface area contributed by atoms with Crippen LogP contribution in [0.4, 0.5) is 13.2 Å². The first kappa shape index (κ1) is 15.5. The number of ketones is 1. The van der Waals surface area contributed by atoms with E-state index in [1.54, 1.807) is 0 Å². The number of alkyl halides is 3. The van der Waals surface area contributed by atoms with Crippen LogP contribution in [-0.4, -0.2) is 32.6 Å². The van der Waals surface area contributed by atoms with Gasteiger partial charge in [-0.3, -0.25) is 4.79 Å². The normalized spacial score (nSPS) is 12.2. The fraction of sp³-hybridized carbons (Fsp3) is 0.364. The highest BCUT2D eigenvalue weighted by molar-refractivity contribution is 7.91. The van der Waals surface area contributed by atoms with Crippen molar-refractivity contribution < 1.29 is 31.1 Å². The summed E-state index contributed by atoms with van der Waals surface area (Å²) in [4.78, 5) is 11.4. The zero-order valence-corrected chi connectivity index (χ0v) is 10.7. The van der Waals surface area contributed by atoms with Crippen LogP contribution in [0.2, 0.25) is 0 Å². The molecule has 0 heterocycles. The maximum absolute atomic E-state index is 11.9. The topological polar surface area (TPSA) is 60.4 Å². The highest BCUT2D eigenvalue weighted by Crippen LogP contribution is 2.22. The second-order valence-corrected chi connectivity index (χ2v) is 6.12. The predicted molar refractivity (Wildman–Crippen MR) is 61.5 cm³/mol. The lowest BCUT2D eigenvalue weighted by atomic mass is 10.1. The molecule has 4 nitrogen and oxygen atoms in total. The minimum Gasteiger partial charge on any atom is -0.406 e. The molecule has 0 spiro atoms. The zero-order chi connectivity index (χ0) is 14.7. The van der Waals surface area contributed by atoms with Crippen LogP contribution in [0.1, 0.15) is 5.56 Å². The van der Waals surface area contributed by atoms with Crippen LogP contribution in [0.25, 0.3) is 0 Å². The van der Waals surface area contributed by atoms with Gasteiger partial charge in [-0.05, 0) is 17.7 Å². The van der Waals surface area contributed by atoms with Crippen molar-refractivity contribution in [1.82, 2.24) is 0 Å². The van der Waals surface area contributed by atoms with Gasteiger partial charge in [-0.1, -0.05) is 12.1 Å². The monoisotopic (exact) mass is 296 g/mol. The third-order valence-corrected chi connectivity index (χ3v) is 2.83. The summed E-state index contributed by atoms with van der Waals surface area (Å²) in [7, 11) is -3.40. The van der Waals surface area contributed by atoms with Crippen molar-refractivity contribution in [2.75, 3.05) is 12.0 Å². The number of rotatable bonds is 5. The lowest BCUT2D eigenvalue weighted by Crippen LogP contribution is -2.17. The molecule has 0 radical (unpaired) electrons. The first-order valence-electron chi connectivity index (χ1n) is 5.09. The second-order valence-electron chi connectivity index (χ2n) is 3.98. The molecule has 0 aliphatic carbocycles. The minimum absolute atomic E-state index is 0.153. The molecule has 1 aromatic carbocycles. The smallest absolute Gasteiger partial charge is 0.406 e. The molecule has 0 N–H and O–H groups in total. The van der Waals surface area contributed by atoms with Gasteiger partial charge >= 0.3 is 6.36 Å². The Balaban J connectivity index is 2.65. The van der Waals surface area contributed by atoms with Gasteiger partial charge in [0.25, 0.3) is 0 Å². The molecule has 0 aliphatic rings. The second kappa shape index (κ2) is 5.60. The number of Topliss-reactive ketones (excluding diaryl/α,β-unsaturated/α-hetero) is 1. The fourth-order valence-electron chi connectivity index (χ4n) is 1.38. The summed E-state index contributed by atoms with van der Waals surface area (Å²) in [5, 5.41) is 0. The maximum atomic E-state index is 11.9. The Hall–Kier alpha value is -1.57. The van der Waals surface area contributed by atoms with E-state index < -0.39 is 33.5 Å². The highest BCUT2D eigenvalue weighted by Gasteiger charge is 2.30. The van der Waals surface area contributed by atoms with Crippen molar-refractivity contribution in [3.63, 3.8) is 0 Å². The highest BCUT2D eigenvalue weighted by atomic mass is 32.2. The molecule has 0 fully saturated rings. The molecule has 8 heteroatoms. The number of carbonyl (C=O) groups is 1. The van der Waals surface area contributed by atoms with Gasteiger partial charge in [0.15, 0.2) is 15.6 Å². The molecule has 19 heavy (non-hydrogen) atoms. The van der Waals surface area contributed by atoms with Crippen molar-refractivity contribution in [3.05, 3.63) is 29.8 Å². The molecule has 0 aromatic heterocycles. The van der Waals surface area contributed by atoms with Crippen LogP contribution in [0.5, 0.6) is 5.75 Å². The molecule has 0 saturated heterocycles. The van der Waals surface area contributed by atoms with Crippen LogP contribution in [-0.2, 0) is 21.1 Å². The first-order valence-corrected chi connectivity index (χ1v) is 7.15. The van der Waals surface area contributed by atoms with Crippen LogP contribution in [0, 0.1) is 0 Å². The summed E-state index contributed by atoms with van der Waals surface area (Å²) in [6, 6.07) is 4.69. The first-order chi connectivity index (χ1) is 8.55. The van der Waals surface area contributed by atoms with E-state index in [9.17, 15) is 26.4 Å². The minimum atomic E-state index is -4.77. The van der Waals surface area contributed by atoms with Gasteiger partial charge in [-0.25, -0.2) is 8.42 Å². The van der Waals surface area contributed by atoms with Crippen molar-refractivity contribution in [3.8, 4) is 5.75 Å². The van der Waals surface area contributed by atoms with Crippen LogP contribution < -0.4 is 4.74 Å². The van der Waals surface area contributed by atoms with E-state index in [4.69, 9.17) is 0 Å². The standard InChI is InChI=1S/C11H11F3O4S/c1-19(16,17)7-9(15)6-8-2-4-10(5-3-8)18-11(12,13)14/h2-5H,6-7H2,1H3. The average Bonchev–Trinajstić information content (AvgIpc) is 2.15. The van der Waals surface area contributed by atoms with E-state index in [-0.39, 0.29) is 6.42 Å². The molecule has 0 bridgehead atoms. The molecule has 0 atom stereocenters. The Morgan fingerprint density at radius 1 is 1.21 bits per heavy atom. The third kappa shape index (κ3) is 6.80. The third-order valence-electron chi connectivity index (χ3n) is 1.98. The van der Waals surface area contributed by atoms with Gasteiger partial charge < -0.3 is 4.74 Å². The van der Waals surface area contributed by atoms with E-state index in [1.807, 2.05) is 0 Å². The van der Waals surface area contributed by atoms with Gasteiger partial charge in [0.05, 0.1) is 0 Å². The van der Waals surface area contributed by atoms with Gasteiger partial charge in [0.2, 0.25) is 0 Å². The van der Waals surface area contributed by atoms with Crippen molar-refractivity contribution in [1.29, 1.82) is 0 Å². The van der Waals surface area contributed by atoms with E-state index in [0.717, 1.165) is 18.4 Å². The van der Waals surface area contributed by atoms with Crippen molar-refractivity contribution in [2.24, 2.45) is 0 Å². The molecule has 0 amide bonds.